The van der Waals surface area contributed by atoms with Gasteiger partial charge in [0.05, 0.1) is 17.5 Å². The lowest BCUT2D eigenvalue weighted by molar-refractivity contribution is 0.0951. The number of hydrogen-bond donors (Lipinski definition) is 1. The summed E-state index contributed by atoms with van der Waals surface area (Å²) in [7, 11) is -1.82. The van der Waals surface area contributed by atoms with Crippen molar-refractivity contribution in [3.05, 3.63) is 59.7 Å². The van der Waals surface area contributed by atoms with Crippen LogP contribution in [0.1, 0.15) is 36.7 Å². The van der Waals surface area contributed by atoms with Crippen molar-refractivity contribution in [2.75, 3.05) is 17.1 Å². The molecule has 0 atom stereocenters. The second-order valence-electron chi connectivity index (χ2n) is 6.41. The van der Waals surface area contributed by atoms with Gasteiger partial charge in [0.15, 0.2) is 0 Å². The normalized spacial score (nSPS) is 11.3. The second-order valence-corrected chi connectivity index (χ2v) is 8.70. The number of rotatable bonds is 8. The van der Waals surface area contributed by atoms with Crippen molar-refractivity contribution in [3.8, 4) is 5.75 Å². The van der Waals surface area contributed by atoms with E-state index in [-0.39, 0.29) is 17.8 Å². The fourth-order valence-electron chi connectivity index (χ4n) is 2.42. The van der Waals surface area contributed by atoms with Crippen LogP contribution in [-0.4, -0.2) is 33.2 Å². The van der Waals surface area contributed by atoms with Crippen molar-refractivity contribution in [2.24, 2.45) is 0 Å². The molecular formula is C20H26N2O4S. The third-order valence-corrected chi connectivity index (χ3v) is 5.80. The molecule has 146 valence electrons. The van der Waals surface area contributed by atoms with Crippen LogP contribution in [0.5, 0.6) is 5.75 Å². The molecule has 0 aliphatic carbocycles. The average Bonchev–Trinajstić information content (AvgIpc) is 2.66. The first-order chi connectivity index (χ1) is 12.7. The minimum atomic E-state index is -3.32. The van der Waals surface area contributed by atoms with Crippen molar-refractivity contribution in [3.63, 3.8) is 0 Å². The van der Waals surface area contributed by atoms with Crippen LogP contribution in [-0.2, 0) is 16.6 Å². The van der Waals surface area contributed by atoms with E-state index in [1.165, 1.54) is 11.4 Å². The molecule has 0 saturated carbocycles. The highest BCUT2D eigenvalue weighted by molar-refractivity contribution is 7.92. The minimum absolute atomic E-state index is 0.0206. The van der Waals surface area contributed by atoms with Gasteiger partial charge in [-0.1, -0.05) is 12.1 Å². The van der Waals surface area contributed by atoms with E-state index >= 15 is 0 Å². The molecule has 0 unspecified atom stereocenters. The van der Waals surface area contributed by atoms with E-state index in [0.717, 1.165) is 11.3 Å². The molecule has 0 aromatic heterocycles. The molecule has 0 spiro atoms. The quantitative estimate of drug-likeness (QED) is 0.751. The van der Waals surface area contributed by atoms with Crippen molar-refractivity contribution in [2.45, 2.75) is 33.4 Å². The molecule has 0 saturated heterocycles. The number of nitrogens with zero attached hydrogens (tertiary/aromatic N) is 1. The second kappa shape index (κ2) is 8.90. The molecule has 0 aliphatic heterocycles. The summed E-state index contributed by atoms with van der Waals surface area (Å²) in [5, 5.41) is 2.85. The van der Waals surface area contributed by atoms with Crippen LogP contribution in [0.2, 0.25) is 0 Å². The van der Waals surface area contributed by atoms with Crippen molar-refractivity contribution in [1.29, 1.82) is 0 Å². The molecule has 0 aliphatic rings. The van der Waals surface area contributed by atoms with E-state index in [1.807, 2.05) is 38.1 Å². The molecule has 0 radical (unpaired) electrons. The molecule has 7 heteroatoms. The number of anilines is 1. The van der Waals surface area contributed by atoms with Gasteiger partial charge in [0.2, 0.25) is 10.0 Å². The van der Waals surface area contributed by atoms with Crippen molar-refractivity contribution in [1.82, 2.24) is 5.32 Å². The number of ether oxygens (including phenoxy) is 1. The summed E-state index contributed by atoms with van der Waals surface area (Å²) in [6.45, 7) is 5.92. The largest absolute Gasteiger partial charge is 0.491 e. The van der Waals surface area contributed by atoms with E-state index in [0.29, 0.717) is 17.8 Å². The predicted octanol–water partition coefficient (Wildman–Crippen LogP) is 3.19. The maximum atomic E-state index is 12.3. The van der Waals surface area contributed by atoms with Gasteiger partial charge in [-0.25, -0.2) is 8.42 Å². The molecule has 2 aromatic rings. The van der Waals surface area contributed by atoms with Gasteiger partial charge in [-0.3, -0.25) is 9.10 Å². The Balaban J connectivity index is 1.96. The van der Waals surface area contributed by atoms with Crippen LogP contribution in [0.3, 0.4) is 0 Å². The third kappa shape index (κ3) is 5.72. The number of sulfonamides is 1. The van der Waals surface area contributed by atoms with E-state index < -0.39 is 10.0 Å². The number of amides is 1. The van der Waals surface area contributed by atoms with Crippen LogP contribution >= 0.6 is 0 Å². The molecule has 1 N–H and O–H groups in total. The van der Waals surface area contributed by atoms with Gasteiger partial charge in [0.1, 0.15) is 5.75 Å². The molecule has 1 amide bonds. The van der Waals surface area contributed by atoms with Gasteiger partial charge in [-0.05, 0) is 62.7 Å². The first-order valence-corrected chi connectivity index (χ1v) is 10.4. The lowest BCUT2D eigenvalue weighted by atomic mass is 10.1. The zero-order valence-electron chi connectivity index (χ0n) is 16.1. The Morgan fingerprint density at radius 3 is 2.19 bits per heavy atom. The Bertz CT molecular complexity index is 860. The van der Waals surface area contributed by atoms with Gasteiger partial charge < -0.3 is 10.1 Å². The summed E-state index contributed by atoms with van der Waals surface area (Å²) >= 11 is 0. The molecule has 27 heavy (non-hydrogen) atoms. The Kier molecular flexibility index (Phi) is 6.85. The average molecular weight is 391 g/mol. The Hall–Kier alpha value is -2.54. The lowest BCUT2D eigenvalue weighted by Gasteiger charge is -2.18. The van der Waals surface area contributed by atoms with E-state index in [9.17, 15) is 13.2 Å². The van der Waals surface area contributed by atoms with E-state index in [4.69, 9.17) is 4.74 Å². The summed E-state index contributed by atoms with van der Waals surface area (Å²) in [5.74, 6) is 0.596. The van der Waals surface area contributed by atoms with Crippen molar-refractivity contribution >= 4 is 21.6 Å². The number of nitrogens with one attached hydrogen (secondary N) is 1. The van der Waals surface area contributed by atoms with Crippen molar-refractivity contribution < 1.29 is 17.9 Å². The van der Waals surface area contributed by atoms with Gasteiger partial charge in [0.25, 0.3) is 5.91 Å². The highest BCUT2D eigenvalue weighted by Crippen LogP contribution is 2.18. The topological polar surface area (TPSA) is 75.7 Å². The fourth-order valence-corrected chi connectivity index (χ4v) is 3.25. The van der Waals surface area contributed by atoms with Crippen LogP contribution in [0.4, 0.5) is 5.69 Å². The number of benzene rings is 2. The highest BCUT2D eigenvalue weighted by atomic mass is 32.2. The highest BCUT2D eigenvalue weighted by Gasteiger charge is 2.16. The van der Waals surface area contributed by atoms with Crippen LogP contribution in [0, 0.1) is 0 Å². The van der Waals surface area contributed by atoms with Crippen LogP contribution in [0.15, 0.2) is 48.5 Å². The number of carbonyl (C=O) groups is 1. The fraction of sp³-hybridized carbons (Fsp3) is 0.350. The summed E-state index contributed by atoms with van der Waals surface area (Å²) < 4.78 is 30.6. The Morgan fingerprint density at radius 1 is 1.07 bits per heavy atom. The Labute approximate surface area is 161 Å². The number of hydrogen-bond acceptors (Lipinski definition) is 4. The SMILES string of the molecule is CCS(=O)(=O)N(C)c1ccc(C(=O)NCc2ccc(OC(C)C)cc2)cc1. The van der Waals surface area contributed by atoms with Crippen LogP contribution in [0.25, 0.3) is 0 Å². The smallest absolute Gasteiger partial charge is 0.251 e. The molecule has 0 fully saturated rings. The molecule has 6 nitrogen and oxygen atoms in total. The zero-order valence-corrected chi connectivity index (χ0v) is 16.9. The summed E-state index contributed by atoms with van der Waals surface area (Å²) in [5.41, 5.74) is 1.96. The summed E-state index contributed by atoms with van der Waals surface area (Å²) in [4.78, 5) is 12.3. The molecule has 0 bridgehead atoms. The maximum Gasteiger partial charge on any atom is 0.251 e. The lowest BCUT2D eigenvalue weighted by Crippen LogP contribution is -2.28. The predicted molar refractivity (Wildman–Crippen MR) is 108 cm³/mol. The van der Waals surface area contributed by atoms with Gasteiger partial charge in [0, 0.05) is 19.2 Å². The Morgan fingerprint density at radius 2 is 1.67 bits per heavy atom. The zero-order chi connectivity index (χ0) is 20.0. The maximum absolute atomic E-state index is 12.3. The van der Waals surface area contributed by atoms with Gasteiger partial charge in [-0.2, -0.15) is 0 Å². The van der Waals surface area contributed by atoms with E-state index in [1.54, 1.807) is 31.2 Å². The van der Waals surface area contributed by atoms with Gasteiger partial charge in [-0.15, -0.1) is 0 Å². The standard InChI is InChI=1S/C20H26N2O4S/c1-5-27(24,25)22(4)18-10-8-17(9-11-18)20(23)21-14-16-6-12-19(13-7-16)26-15(2)3/h6-13,15H,5,14H2,1-4H3,(H,21,23). The van der Waals surface area contributed by atoms with Crippen LogP contribution < -0.4 is 14.4 Å². The first kappa shape index (κ1) is 20.8. The van der Waals surface area contributed by atoms with E-state index in [2.05, 4.69) is 5.32 Å². The summed E-state index contributed by atoms with van der Waals surface area (Å²) in [6, 6.07) is 14.1. The molecule has 2 aromatic carbocycles. The molecule has 2 rings (SSSR count). The monoisotopic (exact) mass is 390 g/mol. The summed E-state index contributed by atoms with van der Waals surface area (Å²) in [6.07, 6.45) is 0.116. The molecular weight excluding hydrogens is 364 g/mol. The number of carbonyl (C=O) groups excluding carboxylic acids is 1. The minimum Gasteiger partial charge on any atom is -0.491 e. The first-order valence-electron chi connectivity index (χ1n) is 8.83. The molecule has 0 heterocycles. The third-order valence-electron chi connectivity index (χ3n) is 4.02. The van der Waals surface area contributed by atoms with Gasteiger partial charge >= 0.3 is 0 Å².